The van der Waals surface area contributed by atoms with Crippen molar-refractivity contribution in [1.29, 1.82) is 0 Å². The number of hydrogen-bond donors (Lipinski definition) is 1. The lowest BCUT2D eigenvalue weighted by atomic mass is 9.78. The molecule has 0 aromatic carbocycles. The standard InChI is InChI=1S/C13H19N3O/c1-13(2)11(14)5-8-16(12(13)17)9-10-3-6-15-7-4-10/h3-4,6-7,11H,5,8-9,14H2,1-2H3. The number of likely N-dealkylation sites (tertiary alicyclic amines) is 1. The maximum Gasteiger partial charge on any atom is 0.230 e. The Balaban J connectivity index is 2.11. The molecule has 17 heavy (non-hydrogen) atoms. The van der Waals surface area contributed by atoms with Gasteiger partial charge in [-0.1, -0.05) is 0 Å². The Kier molecular flexibility index (Phi) is 3.15. The number of nitrogens with zero attached hydrogens (tertiary/aromatic N) is 2. The number of rotatable bonds is 2. The van der Waals surface area contributed by atoms with Gasteiger partial charge >= 0.3 is 0 Å². The van der Waals surface area contributed by atoms with E-state index in [-0.39, 0.29) is 11.9 Å². The number of aromatic nitrogens is 1. The molecular weight excluding hydrogens is 214 g/mol. The zero-order valence-corrected chi connectivity index (χ0v) is 10.4. The largest absolute Gasteiger partial charge is 0.338 e. The van der Waals surface area contributed by atoms with Crippen LogP contribution >= 0.6 is 0 Å². The number of hydrogen-bond acceptors (Lipinski definition) is 3. The second-order valence-corrected chi connectivity index (χ2v) is 5.20. The molecule has 1 aromatic heterocycles. The number of carbonyl (C=O) groups excluding carboxylic acids is 1. The number of piperidine rings is 1. The molecule has 2 N–H and O–H groups in total. The van der Waals surface area contributed by atoms with Gasteiger partial charge in [0.1, 0.15) is 0 Å². The molecule has 1 aliphatic heterocycles. The second-order valence-electron chi connectivity index (χ2n) is 5.20. The van der Waals surface area contributed by atoms with E-state index in [0.717, 1.165) is 18.5 Å². The fourth-order valence-electron chi connectivity index (χ4n) is 2.18. The van der Waals surface area contributed by atoms with Crippen LogP contribution in [0.1, 0.15) is 25.8 Å². The monoisotopic (exact) mass is 233 g/mol. The van der Waals surface area contributed by atoms with Crippen LogP contribution in [0.4, 0.5) is 0 Å². The normalized spacial score (nSPS) is 23.8. The van der Waals surface area contributed by atoms with Crippen molar-refractivity contribution in [3.05, 3.63) is 30.1 Å². The van der Waals surface area contributed by atoms with Crippen molar-refractivity contribution in [2.24, 2.45) is 11.1 Å². The van der Waals surface area contributed by atoms with Crippen molar-refractivity contribution in [1.82, 2.24) is 9.88 Å². The van der Waals surface area contributed by atoms with Crippen LogP contribution in [0.15, 0.2) is 24.5 Å². The van der Waals surface area contributed by atoms with Gasteiger partial charge in [-0.15, -0.1) is 0 Å². The van der Waals surface area contributed by atoms with Gasteiger partial charge in [0.25, 0.3) is 0 Å². The van der Waals surface area contributed by atoms with Crippen LogP contribution in [-0.2, 0) is 11.3 Å². The summed E-state index contributed by atoms with van der Waals surface area (Å²) < 4.78 is 0. The van der Waals surface area contributed by atoms with Crippen LogP contribution in [0.5, 0.6) is 0 Å². The third-order valence-corrected chi connectivity index (χ3v) is 3.60. The van der Waals surface area contributed by atoms with Gasteiger partial charge in [0, 0.05) is 31.5 Å². The topological polar surface area (TPSA) is 59.2 Å². The molecule has 2 rings (SSSR count). The molecule has 0 bridgehead atoms. The summed E-state index contributed by atoms with van der Waals surface area (Å²) in [6, 6.07) is 3.84. The molecule has 1 atom stereocenters. The first-order chi connectivity index (χ1) is 8.01. The van der Waals surface area contributed by atoms with E-state index in [1.807, 2.05) is 30.9 Å². The summed E-state index contributed by atoms with van der Waals surface area (Å²) in [6.45, 7) is 5.25. The van der Waals surface area contributed by atoms with E-state index in [4.69, 9.17) is 5.73 Å². The molecule has 2 heterocycles. The number of pyridine rings is 1. The van der Waals surface area contributed by atoms with Crippen LogP contribution in [0.25, 0.3) is 0 Å². The van der Waals surface area contributed by atoms with Crippen LogP contribution in [0, 0.1) is 5.41 Å². The van der Waals surface area contributed by atoms with E-state index < -0.39 is 5.41 Å². The first kappa shape index (κ1) is 12.0. The summed E-state index contributed by atoms with van der Waals surface area (Å²) in [5.41, 5.74) is 6.66. The molecular formula is C13H19N3O. The lowest BCUT2D eigenvalue weighted by molar-refractivity contribution is -0.146. The Morgan fingerprint density at radius 2 is 2.12 bits per heavy atom. The maximum absolute atomic E-state index is 12.3. The van der Waals surface area contributed by atoms with Crippen molar-refractivity contribution >= 4 is 5.91 Å². The van der Waals surface area contributed by atoms with E-state index in [2.05, 4.69) is 4.98 Å². The quantitative estimate of drug-likeness (QED) is 0.834. The fourth-order valence-corrected chi connectivity index (χ4v) is 2.18. The van der Waals surface area contributed by atoms with Crippen LogP contribution in [0.2, 0.25) is 0 Å². The molecule has 1 amide bonds. The Morgan fingerprint density at radius 1 is 1.47 bits per heavy atom. The summed E-state index contributed by atoms with van der Waals surface area (Å²) in [4.78, 5) is 18.2. The highest BCUT2D eigenvalue weighted by atomic mass is 16.2. The third-order valence-electron chi connectivity index (χ3n) is 3.60. The zero-order chi connectivity index (χ0) is 12.5. The summed E-state index contributed by atoms with van der Waals surface area (Å²) in [5.74, 6) is 0.146. The average Bonchev–Trinajstić information content (AvgIpc) is 2.32. The van der Waals surface area contributed by atoms with Gasteiger partial charge < -0.3 is 10.6 Å². The van der Waals surface area contributed by atoms with E-state index in [0.29, 0.717) is 6.54 Å². The number of carbonyl (C=O) groups is 1. The number of amides is 1. The van der Waals surface area contributed by atoms with Crippen molar-refractivity contribution in [2.45, 2.75) is 32.9 Å². The summed E-state index contributed by atoms with van der Waals surface area (Å²) in [7, 11) is 0. The van der Waals surface area contributed by atoms with Crippen LogP contribution < -0.4 is 5.73 Å². The lowest BCUT2D eigenvalue weighted by Gasteiger charge is -2.41. The molecule has 1 fully saturated rings. The van der Waals surface area contributed by atoms with Gasteiger partial charge in [-0.05, 0) is 38.0 Å². The van der Waals surface area contributed by atoms with E-state index in [1.165, 1.54) is 0 Å². The highest BCUT2D eigenvalue weighted by molar-refractivity contribution is 5.83. The third kappa shape index (κ3) is 2.31. The smallest absolute Gasteiger partial charge is 0.230 e. The second kappa shape index (κ2) is 4.45. The molecule has 92 valence electrons. The highest BCUT2D eigenvalue weighted by Crippen LogP contribution is 2.29. The van der Waals surface area contributed by atoms with Crippen molar-refractivity contribution in [2.75, 3.05) is 6.54 Å². The number of nitrogens with two attached hydrogens (primary N) is 1. The van der Waals surface area contributed by atoms with E-state index in [1.54, 1.807) is 12.4 Å². The SMILES string of the molecule is CC1(C)C(=O)N(Cc2ccncc2)CCC1N. The van der Waals surface area contributed by atoms with Crippen LogP contribution in [0.3, 0.4) is 0 Å². The van der Waals surface area contributed by atoms with Gasteiger partial charge in [-0.3, -0.25) is 9.78 Å². The summed E-state index contributed by atoms with van der Waals surface area (Å²) in [6.07, 6.45) is 4.37. The molecule has 1 aliphatic rings. The summed E-state index contributed by atoms with van der Waals surface area (Å²) >= 11 is 0. The predicted octanol–water partition coefficient (Wildman–Crippen LogP) is 1.17. The molecule has 4 heteroatoms. The molecule has 0 saturated carbocycles. The highest BCUT2D eigenvalue weighted by Gasteiger charge is 2.41. The molecule has 1 unspecified atom stereocenters. The lowest BCUT2D eigenvalue weighted by Crippen LogP contribution is -2.56. The van der Waals surface area contributed by atoms with Gasteiger partial charge in [0.15, 0.2) is 0 Å². The predicted molar refractivity (Wildman–Crippen MR) is 66.0 cm³/mol. The Morgan fingerprint density at radius 3 is 2.76 bits per heavy atom. The van der Waals surface area contributed by atoms with E-state index in [9.17, 15) is 4.79 Å². The van der Waals surface area contributed by atoms with Gasteiger partial charge in [0.05, 0.1) is 5.41 Å². The maximum atomic E-state index is 12.3. The minimum absolute atomic E-state index is 0.0382. The van der Waals surface area contributed by atoms with Crippen molar-refractivity contribution < 1.29 is 4.79 Å². The molecule has 0 radical (unpaired) electrons. The summed E-state index contributed by atoms with van der Waals surface area (Å²) in [5, 5.41) is 0. The Bertz CT molecular complexity index is 402. The zero-order valence-electron chi connectivity index (χ0n) is 10.4. The Labute approximate surface area is 102 Å². The first-order valence-electron chi connectivity index (χ1n) is 5.95. The minimum atomic E-state index is -0.453. The molecule has 0 aliphatic carbocycles. The molecule has 1 aromatic rings. The molecule has 0 spiro atoms. The molecule has 4 nitrogen and oxygen atoms in total. The average molecular weight is 233 g/mol. The van der Waals surface area contributed by atoms with Gasteiger partial charge in [0.2, 0.25) is 5.91 Å². The van der Waals surface area contributed by atoms with Crippen LogP contribution in [-0.4, -0.2) is 28.4 Å². The fraction of sp³-hybridized carbons (Fsp3) is 0.538. The van der Waals surface area contributed by atoms with Crippen molar-refractivity contribution in [3.8, 4) is 0 Å². The first-order valence-corrected chi connectivity index (χ1v) is 5.95. The Hall–Kier alpha value is -1.42. The van der Waals surface area contributed by atoms with Crippen molar-refractivity contribution in [3.63, 3.8) is 0 Å². The molecule has 1 saturated heterocycles. The van der Waals surface area contributed by atoms with Gasteiger partial charge in [-0.2, -0.15) is 0 Å². The minimum Gasteiger partial charge on any atom is -0.338 e. The van der Waals surface area contributed by atoms with Gasteiger partial charge in [-0.25, -0.2) is 0 Å². The van der Waals surface area contributed by atoms with E-state index >= 15 is 0 Å².